The molecule has 1 N–H and O–H groups in total. The van der Waals surface area contributed by atoms with Crippen LogP contribution < -0.4 is 19.1 Å². The number of methoxy groups -OCH3 is 2. The molecule has 0 heterocycles. The molecule has 0 bridgehead atoms. The highest BCUT2D eigenvalue weighted by atomic mass is 32.2. The van der Waals surface area contributed by atoms with Crippen LogP contribution in [0.5, 0.6) is 11.5 Å². The van der Waals surface area contributed by atoms with Crippen molar-refractivity contribution in [2.75, 3.05) is 37.9 Å². The zero-order valence-corrected chi connectivity index (χ0v) is 21.8. The molecule has 0 saturated carbocycles. The van der Waals surface area contributed by atoms with Crippen molar-refractivity contribution in [3.8, 4) is 11.5 Å². The summed E-state index contributed by atoms with van der Waals surface area (Å²) in [5.41, 5.74) is 1.35. The lowest BCUT2D eigenvalue weighted by Crippen LogP contribution is -2.47. The summed E-state index contributed by atoms with van der Waals surface area (Å²) in [6.45, 7) is 4.34. The quantitative estimate of drug-likeness (QED) is 0.449. The maximum Gasteiger partial charge on any atom is 0.242 e. The Morgan fingerprint density at radius 3 is 2.00 bits per heavy atom. The summed E-state index contributed by atoms with van der Waals surface area (Å²) in [4.78, 5) is 27.2. The molecule has 0 aromatic heterocycles. The van der Waals surface area contributed by atoms with Gasteiger partial charge in [0.2, 0.25) is 21.8 Å². The minimum absolute atomic E-state index is 0.0854. The van der Waals surface area contributed by atoms with Crippen LogP contribution in [-0.4, -0.2) is 64.7 Å². The number of ether oxygens (including phenoxy) is 2. The lowest BCUT2D eigenvalue weighted by Gasteiger charge is -2.29. The van der Waals surface area contributed by atoms with Gasteiger partial charge in [-0.3, -0.25) is 13.9 Å². The van der Waals surface area contributed by atoms with E-state index in [2.05, 4.69) is 5.32 Å². The van der Waals surface area contributed by atoms with Gasteiger partial charge in [0.1, 0.15) is 17.5 Å². The molecule has 0 aliphatic rings. The van der Waals surface area contributed by atoms with E-state index >= 15 is 0 Å². The number of nitrogens with one attached hydrogen (secondary N) is 1. The van der Waals surface area contributed by atoms with Crippen LogP contribution in [-0.2, 0) is 26.2 Å². The Balaban J connectivity index is 2.14. The standard InChI is InChI=1S/C25H35N3O6S/c1-6-26-25(30)19(2)27(18-20-9-13-22(33-3)14-10-20)24(29)8-7-17-28(35(5,31)32)21-11-15-23(34-4)16-12-21/h9-16,19H,6-8,17-18H2,1-5H3,(H,26,30)/t19-/m1/s1. The number of benzene rings is 2. The average molecular weight is 506 g/mol. The van der Waals surface area contributed by atoms with E-state index in [1.165, 1.54) is 16.3 Å². The van der Waals surface area contributed by atoms with E-state index in [1.807, 2.05) is 19.1 Å². The summed E-state index contributed by atoms with van der Waals surface area (Å²) >= 11 is 0. The van der Waals surface area contributed by atoms with Crippen LogP contribution >= 0.6 is 0 Å². The Hall–Kier alpha value is -3.27. The number of carbonyl (C=O) groups is 2. The van der Waals surface area contributed by atoms with Gasteiger partial charge >= 0.3 is 0 Å². The summed E-state index contributed by atoms with van der Waals surface area (Å²) in [6, 6.07) is 13.3. The second kappa shape index (κ2) is 13.0. The molecule has 10 heteroatoms. The molecule has 35 heavy (non-hydrogen) atoms. The minimum atomic E-state index is -3.56. The molecular weight excluding hydrogens is 470 g/mol. The van der Waals surface area contributed by atoms with Gasteiger partial charge in [0.25, 0.3) is 0 Å². The highest BCUT2D eigenvalue weighted by Crippen LogP contribution is 2.22. The molecule has 2 aromatic rings. The third kappa shape index (κ3) is 8.17. The predicted molar refractivity (Wildman–Crippen MR) is 136 cm³/mol. The van der Waals surface area contributed by atoms with Gasteiger partial charge in [0, 0.05) is 26.1 Å². The van der Waals surface area contributed by atoms with Crippen molar-refractivity contribution in [1.29, 1.82) is 0 Å². The molecule has 0 spiro atoms. The number of nitrogens with zero attached hydrogens (tertiary/aromatic N) is 2. The van der Waals surface area contributed by atoms with Crippen LogP contribution in [0.2, 0.25) is 0 Å². The molecule has 0 radical (unpaired) electrons. The van der Waals surface area contributed by atoms with Crippen LogP contribution in [0.3, 0.4) is 0 Å². The van der Waals surface area contributed by atoms with E-state index in [1.54, 1.807) is 50.4 Å². The maximum atomic E-state index is 13.2. The largest absolute Gasteiger partial charge is 0.497 e. The van der Waals surface area contributed by atoms with Crippen molar-refractivity contribution >= 4 is 27.5 Å². The normalized spacial score (nSPS) is 11.9. The summed E-state index contributed by atoms with van der Waals surface area (Å²) < 4.78 is 36.4. The lowest BCUT2D eigenvalue weighted by molar-refractivity contribution is -0.140. The van der Waals surface area contributed by atoms with Crippen molar-refractivity contribution in [3.63, 3.8) is 0 Å². The summed E-state index contributed by atoms with van der Waals surface area (Å²) in [7, 11) is -0.443. The van der Waals surface area contributed by atoms with Gasteiger partial charge in [-0.05, 0) is 62.2 Å². The van der Waals surface area contributed by atoms with E-state index in [0.717, 1.165) is 11.8 Å². The summed E-state index contributed by atoms with van der Waals surface area (Å²) in [6.07, 6.45) is 1.51. The second-order valence-electron chi connectivity index (χ2n) is 8.08. The molecule has 0 unspecified atom stereocenters. The van der Waals surface area contributed by atoms with Gasteiger partial charge < -0.3 is 19.7 Å². The zero-order valence-electron chi connectivity index (χ0n) is 21.0. The van der Waals surface area contributed by atoms with E-state index in [9.17, 15) is 18.0 Å². The van der Waals surface area contributed by atoms with Crippen LogP contribution in [0.15, 0.2) is 48.5 Å². The SMILES string of the molecule is CCNC(=O)[C@@H](C)N(Cc1ccc(OC)cc1)C(=O)CCCN(c1ccc(OC)cc1)S(C)(=O)=O. The first kappa shape index (κ1) is 28.0. The Morgan fingerprint density at radius 2 is 1.51 bits per heavy atom. The Bertz CT molecular complexity index is 1070. The molecule has 192 valence electrons. The third-order valence-corrected chi connectivity index (χ3v) is 6.74. The van der Waals surface area contributed by atoms with Crippen LogP contribution in [0.25, 0.3) is 0 Å². The zero-order chi connectivity index (χ0) is 26.0. The van der Waals surface area contributed by atoms with E-state index in [-0.39, 0.29) is 31.3 Å². The number of sulfonamides is 1. The van der Waals surface area contributed by atoms with Gasteiger partial charge in [0.05, 0.1) is 26.2 Å². The lowest BCUT2D eigenvalue weighted by atomic mass is 10.1. The number of amides is 2. The molecule has 0 fully saturated rings. The number of hydrogen-bond acceptors (Lipinski definition) is 6. The topological polar surface area (TPSA) is 105 Å². The molecule has 0 aliphatic carbocycles. The van der Waals surface area contributed by atoms with Crippen LogP contribution in [0, 0.1) is 0 Å². The highest BCUT2D eigenvalue weighted by Gasteiger charge is 2.26. The van der Waals surface area contributed by atoms with E-state index in [4.69, 9.17) is 9.47 Å². The Morgan fingerprint density at radius 1 is 0.971 bits per heavy atom. The smallest absolute Gasteiger partial charge is 0.242 e. The van der Waals surface area contributed by atoms with Gasteiger partial charge in [-0.25, -0.2) is 8.42 Å². The molecule has 2 amide bonds. The molecule has 1 atom stereocenters. The van der Waals surface area contributed by atoms with Gasteiger partial charge in [-0.1, -0.05) is 12.1 Å². The summed E-state index contributed by atoms with van der Waals surface area (Å²) in [5.74, 6) is 0.835. The van der Waals surface area contributed by atoms with Crippen molar-refractivity contribution in [2.24, 2.45) is 0 Å². The van der Waals surface area contributed by atoms with Gasteiger partial charge in [-0.2, -0.15) is 0 Å². The molecule has 0 saturated heterocycles. The number of anilines is 1. The first-order valence-electron chi connectivity index (χ1n) is 11.4. The van der Waals surface area contributed by atoms with Crippen LogP contribution in [0.4, 0.5) is 5.69 Å². The monoisotopic (exact) mass is 505 g/mol. The summed E-state index contributed by atoms with van der Waals surface area (Å²) in [5, 5.41) is 2.76. The fourth-order valence-corrected chi connectivity index (χ4v) is 4.55. The van der Waals surface area contributed by atoms with Gasteiger partial charge in [0.15, 0.2) is 0 Å². The van der Waals surface area contributed by atoms with E-state index < -0.39 is 16.1 Å². The number of carbonyl (C=O) groups excluding carboxylic acids is 2. The molecule has 0 aliphatic heterocycles. The van der Waals surface area contributed by atoms with Crippen molar-refractivity contribution in [1.82, 2.24) is 10.2 Å². The first-order chi connectivity index (χ1) is 16.6. The number of rotatable bonds is 13. The highest BCUT2D eigenvalue weighted by molar-refractivity contribution is 7.92. The Labute approximate surface area is 208 Å². The molecule has 9 nitrogen and oxygen atoms in total. The maximum absolute atomic E-state index is 13.2. The van der Waals surface area contributed by atoms with Gasteiger partial charge in [-0.15, -0.1) is 0 Å². The molecular formula is C25H35N3O6S. The number of hydrogen-bond donors (Lipinski definition) is 1. The minimum Gasteiger partial charge on any atom is -0.497 e. The fraction of sp³-hybridized carbons (Fsp3) is 0.440. The van der Waals surface area contributed by atoms with Crippen molar-refractivity contribution < 1.29 is 27.5 Å². The van der Waals surface area contributed by atoms with Crippen molar-refractivity contribution in [2.45, 2.75) is 39.3 Å². The van der Waals surface area contributed by atoms with Crippen LogP contribution in [0.1, 0.15) is 32.3 Å². The van der Waals surface area contributed by atoms with E-state index in [0.29, 0.717) is 30.2 Å². The number of likely N-dealkylation sites (N-methyl/N-ethyl adjacent to an activating group) is 1. The second-order valence-corrected chi connectivity index (χ2v) is 9.98. The average Bonchev–Trinajstić information content (AvgIpc) is 2.84. The molecule has 2 rings (SSSR count). The molecule has 2 aromatic carbocycles. The Kier molecular flexibility index (Phi) is 10.4. The fourth-order valence-electron chi connectivity index (χ4n) is 3.58. The first-order valence-corrected chi connectivity index (χ1v) is 13.3. The third-order valence-electron chi connectivity index (χ3n) is 5.54. The predicted octanol–water partition coefficient (Wildman–Crippen LogP) is 2.80. The van der Waals surface area contributed by atoms with Crippen molar-refractivity contribution in [3.05, 3.63) is 54.1 Å².